The first-order valence-electron chi connectivity index (χ1n) is 13.1. The van der Waals surface area contributed by atoms with E-state index in [0.29, 0.717) is 28.2 Å². The maximum atomic E-state index is 14.5. The monoisotopic (exact) mass is 578 g/mol. The molecule has 3 aliphatic heterocycles. The third-order valence-electron chi connectivity index (χ3n) is 8.10. The molecule has 2 aliphatic carbocycles. The summed E-state index contributed by atoms with van der Waals surface area (Å²) in [6, 6.07) is 2.14. The number of carbonyl (C=O) groups is 5. The second-order valence-corrected chi connectivity index (χ2v) is 11.2. The fraction of sp³-hybridized carbons (Fsp3) is 0.345. The van der Waals surface area contributed by atoms with Crippen LogP contribution in [-0.4, -0.2) is 71.2 Å². The molecule has 2 amide bonds. The van der Waals surface area contributed by atoms with Crippen molar-refractivity contribution in [2.45, 2.75) is 32.2 Å². The number of allylic oxidation sites excluding steroid dienone is 6. The second-order valence-electron chi connectivity index (χ2n) is 10.8. The van der Waals surface area contributed by atoms with Crippen LogP contribution in [0.25, 0.3) is 0 Å². The lowest BCUT2D eigenvalue weighted by Gasteiger charge is -2.41. The highest BCUT2D eigenvalue weighted by Crippen LogP contribution is 2.61. The average Bonchev–Trinajstić information content (AvgIpc) is 3.63. The van der Waals surface area contributed by atoms with E-state index in [0.717, 1.165) is 24.5 Å². The van der Waals surface area contributed by atoms with Crippen LogP contribution >= 0.6 is 11.6 Å². The van der Waals surface area contributed by atoms with Gasteiger partial charge >= 0.3 is 5.97 Å². The summed E-state index contributed by atoms with van der Waals surface area (Å²) in [5.74, 6) is -4.68. The molecule has 1 aromatic heterocycles. The lowest BCUT2D eigenvalue weighted by atomic mass is 9.74. The minimum absolute atomic E-state index is 0.00228. The smallest absolute Gasteiger partial charge is 0.315 e. The van der Waals surface area contributed by atoms with Gasteiger partial charge in [0.1, 0.15) is 11.7 Å². The Kier molecular flexibility index (Phi) is 6.56. The van der Waals surface area contributed by atoms with Gasteiger partial charge in [0, 0.05) is 37.1 Å². The number of aliphatic imine (C=N–C) groups is 1. The van der Waals surface area contributed by atoms with E-state index in [2.05, 4.69) is 15.3 Å². The Bertz CT molecular complexity index is 1600. The molecule has 2 atom stereocenters. The Labute approximate surface area is 238 Å². The highest BCUT2D eigenvalue weighted by Gasteiger charge is 2.62. The first kappa shape index (κ1) is 26.9. The largest absolute Gasteiger partial charge is 0.457 e. The van der Waals surface area contributed by atoms with E-state index in [1.807, 2.05) is 0 Å². The van der Waals surface area contributed by atoms with Crippen LogP contribution < -0.4 is 5.32 Å². The van der Waals surface area contributed by atoms with Crippen LogP contribution in [0.4, 0.5) is 10.2 Å². The standard InChI is InChI=1S/C29H24ClFN4O6/c1-14(36)33-23-5-4-17(27(31)34-23)22(38)13-41-28(40)20-12-35-24(39)9-29(6-7-29)26(35)19-10-32-11-21(30)16-3-2-15(37)8-18(16)25(19)20/h2-5,8,11,20,26H,6-7,9-10,12-13H2,1H3,(H,33,34,36)/b21-16+,32-11?. The van der Waals surface area contributed by atoms with E-state index >= 15 is 0 Å². The zero-order chi connectivity index (χ0) is 29.1. The Morgan fingerprint density at radius 1 is 1.22 bits per heavy atom. The van der Waals surface area contributed by atoms with E-state index in [1.54, 1.807) is 11.0 Å². The van der Waals surface area contributed by atoms with Gasteiger partial charge in [-0.15, -0.1) is 0 Å². The molecule has 2 fully saturated rings. The van der Waals surface area contributed by atoms with Gasteiger partial charge in [-0.05, 0) is 59.9 Å². The van der Waals surface area contributed by atoms with Gasteiger partial charge in [0.15, 0.2) is 12.4 Å². The second kappa shape index (κ2) is 9.99. The van der Waals surface area contributed by atoms with E-state index in [9.17, 15) is 28.4 Å². The molecule has 5 aliphatic rings. The number of aromatic nitrogens is 1. The van der Waals surface area contributed by atoms with Crippen molar-refractivity contribution in [2.75, 3.05) is 25.0 Å². The molecule has 10 nitrogen and oxygen atoms in total. The predicted octanol–water partition coefficient (Wildman–Crippen LogP) is 2.86. The highest BCUT2D eigenvalue weighted by atomic mass is 35.5. The van der Waals surface area contributed by atoms with Gasteiger partial charge in [0.25, 0.3) is 0 Å². The summed E-state index contributed by atoms with van der Waals surface area (Å²) in [7, 11) is 0. The molecule has 1 saturated heterocycles. The summed E-state index contributed by atoms with van der Waals surface area (Å²) < 4.78 is 19.9. The Hall–Kier alpha value is -4.25. The lowest BCUT2D eigenvalue weighted by Crippen LogP contribution is -2.49. The molecule has 0 bridgehead atoms. The van der Waals surface area contributed by atoms with Gasteiger partial charge in [-0.25, -0.2) is 4.98 Å². The molecule has 12 heteroatoms. The molecule has 41 heavy (non-hydrogen) atoms. The number of halogens is 2. The number of ether oxygens (including phenoxy) is 1. The zero-order valence-corrected chi connectivity index (χ0v) is 22.7. The van der Waals surface area contributed by atoms with Crippen molar-refractivity contribution >= 4 is 53.0 Å². The minimum atomic E-state index is -1.12. The first-order valence-corrected chi connectivity index (χ1v) is 13.5. The molecule has 1 aromatic rings. The predicted molar refractivity (Wildman–Crippen MR) is 145 cm³/mol. The number of nitrogens with zero attached hydrogens (tertiary/aromatic N) is 3. The molecule has 0 radical (unpaired) electrons. The number of hydrogen-bond acceptors (Lipinski definition) is 8. The van der Waals surface area contributed by atoms with E-state index < -0.39 is 41.7 Å². The summed E-state index contributed by atoms with van der Waals surface area (Å²) in [6.45, 7) is 0.626. The quantitative estimate of drug-likeness (QED) is 0.322. The number of pyridine rings is 1. The fourth-order valence-corrected chi connectivity index (χ4v) is 6.42. The zero-order valence-electron chi connectivity index (χ0n) is 21.9. The number of amides is 2. The number of carbonyl (C=O) groups excluding carboxylic acids is 5. The molecule has 1 N–H and O–H groups in total. The van der Waals surface area contributed by atoms with Crippen LogP contribution in [0.5, 0.6) is 0 Å². The van der Waals surface area contributed by atoms with E-state index in [4.69, 9.17) is 16.3 Å². The van der Waals surface area contributed by atoms with Crippen molar-refractivity contribution in [1.82, 2.24) is 9.88 Å². The van der Waals surface area contributed by atoms with Crippen molar-refractivity contribution in [3.05, 3.63) is 69.2 Å². The number of nitrogens with one attached hydrogen (secondary N) is 1. The first-order chi connectivity index (χ1) is 19.6. The van der Waals surface area contributed by atoms with Crippen LogP contribution in [0.2, 0.25) is 0 Å². The van der Waals surface area contributed by atoms with Crippen molar-refractivity contribution in [1.29, 1.82) is 0 Å². The number of rotatable bonds is 5. The average molecular weight is 579 g/mol. The van der Waals surface area contributed by atoms with Crippen molar-refractivity contribution < 1.29 is 33.1 Å². The van der Waals surface area contributed by atoms with Crippen LogP contribution in [0, 0.1) is 17.3 Å². The van der Waals surface area contributed by atoms with Crippen LogP contribution in [0.15, 0.2) is 62.7 Å². The topological polar surface area (TPSA) is 135 Å². The van der Waals surface area contributed by atoms with Crippen molar-refractivity contribution in [3.63, 3.8) is 0 Å². The van der Waals surface area contributed by atoms with Gasteiger partial charge < -0.3 is 15.0 Å². The molecule has 1 spiro atoms. The number of esters is 1. The summed E-state index contributed by atoms with van der Waals surface area (Å²) in [5.41, 5.74) is 1.63. The Morgan fingerprint density at radius 2 is 2.00 bits per heavy atom. The molecular weight excluding hydrogens is 555 g/mol. The van der Waals surface area contributed by atoms with Crippen LogP contribution in [0.1, 0.15) is 36.5 Å². The number of fused-ring (bicyclic) bond motifs is 5. The summed E-state index contributed by atoms with van der Waals surface area (Å²) in [5, 5.41) is 2.62. The van der Waals surface area contributed by atoms with E-state index in [-0.39, 0.29) is 42.1 Å². The van der Waals surface area contributed by atoms with Crippen LogP contribution in [0.3, 0.4) is 0 Å². The van der Waals surface area contributed by atoms with E-state index in [1.165, 1.54) is 31.4 Å². The van der Waals surface area contributed by atoms with Crippen molar-refractivity contribution in [2.24, 2.45) is 16.3 Å². The number of anilines is 1. The minimum Gasteiger partial charge on any atom is -0.457 e. The molecule has 0 aromatic carbocycles. The van der Waals surface area contributed by atoms with Gasteiger partial charge in [0.2, 0.25) is 23.5 Å². The molecule has 210 valence electrons. The Morgan fingerprint density at radius 3 is 2.71 bits per heavy atom. The third-order valence-corrected chi connectivity index (χ3v) is 8.40. The fourth-order valence-electron chi connectivity index (χ4n) is 6.19. The van der Waals surface area contributed by atoms with Gasteiger partial charge in [0.05, 0.1) is 23.2 Å². The number of Topliss-reactive ketones (excluding diaryl/α,β-unsaturated/α-hetero) is 1. The third kappa shape index (κ3) is 4.73. The number of ketones is 2. The normalized spacial score (nSPS) is 25.6. The summed E-state index contributed by atoms with van der Waals surface area (Å²) >= 11 is 6.51. The van der Waals surface area contributed by atoms with Crippen LogP contribution in [-0.2, 0) is 23.9 Å². The summed E-state index contributed by atoms with van der Waals surface area (Å²) in [4.78, 5) is 73.0. The lowest BCUT2D eigenvalue weighted by molar-refractivity contribution is -0.147. The molecule has 4 heterocycles. The van der Waals surface area contributed by atoms with Crippen molar-refractivity contribution in [3.8, 4) is 0 Å². The maximum Gasteiger partial charge on any atom is 0.315 e. The number of hydrogen-bond donors (Lipinski definition) is 1. The summed E-state index contributed by atoms with van der Waals surface area (Å²) in [6.07, 6.45) is 7.97. The van der Waals surface area contributed by atoms with Gasteiger partial charge in [-0.2, -0.15) is 4.39 Å². The SMILES string of the molecule is CC(=O)Nc1ccc(C(=O)COC(=O)C2CN3C(=O)CC4(CC4)C3C3=C2C2=CC(=O)C=C/C2=C(\Cl)C=NC3)c(F)n1. The van der Waals surface area contributed by atoms with Gasteiger partial charge in [-0.1, -0.05) is 11.6 Å². The molecule has 1 saturated carbocycles. The molecule has 6 rings (SSSR count). The maximum absolute atomic E-state index is 14.5. The molecular formula is C29H24ClFN4O6. The Balaban J connectivity index is 1.33. The highest BCUT2D eigenvalue weighted by molar-refractivity contribution is 6.40. The van der Waals surface area contributed by atoms with Gasteiger partial charge in [-0.3, -0.25) is 29.0 Å². The molecule has 2 unspecified atom stereocenters.